The van der Waals surface area contributed by atoms with E-state index in [1.54, 1.807) is 0 Å². The van der Waals surface area contributed by atoms with Gasteiger partial charge < -0.3 is 11.1 Å². The number of carbonyl (C=O) groups is 1. The van der Waals surface area contributed by atoms with Crippen molar-refractivity contribution in [3.05, 3.63) is 0 Å². The fourth-order valence-corrected chi connectivity index (χ4v) is 3.42. The minimum absolute atomic E-state index is 0.0695. The number of nitrogens with two attached hydrogens (primary N) is 1. The van der Waals surface area contributed by atoms with Crippen molar-refractivity contribution in [3.63, 3.8) is 0 Å². The Morgan fingerprint density at radius 2 is 1.81 bits per heavy atom. The number of amides is 1. The predicted molar refractivity (Wildman–Crippen MR) is 89.7 cm³/mol. The van der Waals surface area contributed by atoms with Crippen molar-refractivity contribution in [2.24, 2.45) is 17.1 Å². The van der Waals surface area contributed by atoms with E-state index in [0.717, 1.165) is 12.8 Å². The van der Waals surface area contributed by atoms with Gasteiger partial charge in [0.2, 0.25) is 5.91 Å². The van der Waals surface area contributed by atoms with Gasteiger partial charge in [-0.05, 0) is 30.6 Å². The molecular weight excluding hydrogens is 286 g/mol. The minimum Gasteiger partial charge on any atom is -0.355 e. The van der Waals surface area contributed by atoms with E-state index in [0.29, 0.717) is 24.6 Å². The highest BCUT2D eigenvalue weighted by molar-refractivity contribution is 7.92. The fourth-order valence-electron chi connectivity index (χ4n) is 1.64. The summed E-state index contributed by atoms with van der Waals surface area (Å²) in [4.78, 5) is 11.8. The van der Waals surface area contributed by atoms with Crippen molar-refractivity contribution in [3.8, 4) is 0 Å². The maximum absolute atomic E-state index is 12.1. The highest BCUT2D eigenvalue weighted by Crippen LogP contribution is 2.19. The van der Waals surface area contributed by atoms with Crippen LogP contribution < -0.4 is 11.1 Å². The molecule has 0 radical (unpaired) electrons. The quantitative estimate of drug-likeness (QED) is 0.608. The van der Waals surface area contributed by atoms with Crippen LogP contribution in [-0.4, -0.2) is 34.2 Å². The molecule has 0 rings (SSSR count). The third-order valence-electron chi connectivity index (χ3n) is 3.30. The first-order valence-corrected chi connectivity index (χ1v) is 9.60. The number of rotatable bonds is 9. The zero-order chi connectivity index (χ0) is 16.7. The molecule has 21 heavy (non-hydrogen) atoms. The lowest BCUT2D eigenvalue weighted by Gasteiger charge is -2.19. The van der Waals surface area contributed by atoms with Crippen molar-refractivity contribution in [2.75, 3.05) is 18.1 Å². The van der Waals surface area contributed by atoms with Gasteiger partial charge >= 0.3 is 0 Å². The van der Waals surface area contributed by atoms with Gasteiger partial charge in [-0.25, -0.2) is 4.21 Å². The molecule has 0 fully saturated rings. The Hall–Kier alpha value is -0.620. The van der Waals surface area contributed by atoms with E-state index in [2.05, 4.69) is 39.9 Å². The number of hydrogen-bond donors (Lipinski definition) is 3. The Balaban J connectivity index is 4.10. The summed E-state index contributed by atoms with van der Waals surface area (Å²) in [6.45, 7) is 11.0. The highest BCUT2D eigenvalue weighted by Gasteiger charge is 2.18. The molecule has 0 aromatic rings. The lowest BCUT2D eigenvalue weighted by molar-refractivity contribution is -0.122. The van der Waals surface area contributed by atoms with E-state index in [1.165, 1.54) is 0 Å². The van der Waals surface area contributed by atoms with Crippen LogP contribution in [0.1, 0.15) is 53.9 Å². The summed E-state index contributed by atoms with van der Waals surface area (Å²) < 4.78 is 20.0. The lowest BCUT2D eigenvalue weighted by atomic mass is 9.94. The second kappa shape index (κ2) is 8.73. The van der Waals surface area contributed by atoms with Crippen LogP contribution in [0.2, 0.25) is 0 Å². The van der Waals surface area contributed by atoms with E-state index >= 15 is 0 Å². The Labute approximate surface area is 130 Å². The number of carbonyl (C=O) groups excluding carboxylic acids is 1. The third-order valence-corrected chi connectivity index (χ3v) is 5.06. The van der Waals surface area contributed by atoms with Gasteiger partial charge in [-0.1, -0.05) is 34.6 Å². The van der Waals surface area contributed by atoms with Gasteiger partial charge in [-0.2, -0.15) is 0 Å². The van der Waals surface area contributed by atoms with Gasteiger partial charge in [0.25, 0.3) is 0 Å². The molecule has 5 nitrogen and oxygen atoms in total. The highest BCUT2D eigenvalue weighted by atomic mass is 32.2. The van der Waals surface area contributed by atoms with Gasteiger partial charge in [0.05, 0.1) is 6.04 Å². The summed E-state index contributed by atoms with van der Waals surface area (Å²) in [5.41, 5.74) is 5.87. The number of nitrogens with one attached hydrogen (secondary N) is 2. The molecule has 2 atom stereocenters. The van der Waals surface area contributed by atoms with Gasteiger partial charge in [-0.3, -0.25) is 9.57 Å². The summed E-state index contributed by atoms with van der Waals surface area (Å²) in [5.74, 6) is 0.896. The molecule has 0 aliphatic carbocycles. The van der Waals surface area contributed by atoms with Gasteiger partial charge in [-0.15, -0.1) is 0 Å². The zero-order valence-electron chi connectivity index (χ0n) is 14.2. The molecule has 1 unspecified atom stereocenters. The maximum Gasteiger partial charge on any atom is 0.236 e. The van der Waals surface area contributed by atoms with Gasteiger partial charge in [0.15, 0.2) is 0 Å². The third kappa shape index (κ3) is 11.7. The second-order valence-corrected chi connectivity index (χ2v) is 9.84. The SMILES string of the molecule is CC(C)CCNC(=O)[C@@H](N)CCS(=N)(=O)CCC(C)(C)C. The first-order valence-electron chi connectivity index (χ1n) is 7.70. The first-order chi connectivity index (χ1) is 9.43. The monoisotopic (exact) mass is 319 g/mol. The van der Waals surface area contributed by atoms with E-state index in [1.807, 2.05) is 0 Å². The first kappa shape index (κ1) is 20.4. The maximum atomic E-state index is 12.1. The van der Waals surface area contributed by atoms with Crippen LogP contribution >= 0.6 is 0 Å². The molecule has 4 N–H and O–H groups in total. The molecule has 0 aliphatic rings. The fraction of sp³-hybridized carbons (Fsp3) is 0.933. The average Bonchev–Trinajstić information content (AvgIpc) is 2.32. The molecule has 0 heterocycles. The second-order valence-electron chi connectivity index (χ2n) is 7.40. The number of hydrogen-bond acceptors (Lipinski definition) is 4. The van der Waals surface area contributed by atoms with Crippen LogP contribution in [0.3, 0.4) is 0 Å². The molecule has 1 amide bonds. The summed E-state index contributed by atoms with van der Waals surface area (Å²) >= 11 is 0. The van der Waals surface area contributed by atoms with Crippen LogP contribution in [0.15, 0.2) is 0 Å². The molecule has 0 aromatic carbocycles. The van der Waals surface area contributed by atoms with E-state index < -0.39 is 15.8 Å². The normalized spacial score (nSPS) is 16.5. The molecule has 0 spiro atoms. The Morgan fingerprint density at radius 1 is 1.24 bits per heavy atom. The standard InChI is InChI=1S/C15H33N3O2S/c1-12(2)6-9-18-14(19)13(16)7-10-21(17,20)11-8-15(3,4)5/h12-13,17H,6-11,16H2,1-5H3,(H,18,19)/t13-,21?/m0/s1. The molecular formula is C15H33N3O2S. The molecule has 126 valence electrons. The van der Waals surface area contributed by atoms with Gasteiger partial charge in [0.1, 0.15) is 0 Å². The Kier molecular flexibility index (Phi) is 8.48. The van der Waals surface area contributed by atoms with Gasteiger partial charge in [0, 0.05) is 27.8 Å². The largest absolute Gasteiger partial charge is 0.355 e. The molecule has 0 bridgehead atoms. The van der Waals surface area contributed by atoms with Crippen molar-refractivity contribution in [1.82, 2.24) is 5.32 Å². The molecule has 6 heteroatoms. The van der Waals surface area contributed by atoms with Crippen molar-refractivity contribution >= 4 is 15.6 Å². The smallest absolute Gasteiger partial charge is 0.236 e. The van der Waals surface area contributed by atoms with Crippen LogP contribution in [0.4, 0.5) is 0 Å². The van der Waals surface area contributed by atoms with Crippen LogP contribution in [-0.2, 0) is 14.5 Å². The van der Waals surface area contributed by atoms with E-state index in [9.17, 15) is 9.00 Å². The summed E-state index contributed by atoms with van der Waals surface area (Å²) in [6.07, 6.45) is 1.96. The minimum atomic E-state index is -2.64. The molecule has 0 aromatic heterocycles. The lowest BCUT2D eigenvalue weighted by Crippen LogP contribution is -2.42. The van der Waals surface area contributed by atoms with E-state index in [-0.39, 0.29) is 17.1 Å². The summed E-state index contributed by atoms with van der Waals surface area (Å²) in [5, 5.41) is 2.79. The topological polar surface area (TPSA) is 96.0 Å². The Bertz CT molecular complexity index is 411. The van der Waals surface area contributed by atoms with Crippen molar-refractivity contribution < 1.29 is 9.00 Å². The van der Waals surface area contributed by atoms with Crippen LogP contribution in [0, 0.1) is 16.1 Å². The van der Waals surface area contributed by atoms with Crippen molar-refractivity contribution in [2.45, 2.75) is 59.9 Å². The Morgan fingerprint density at radius 3 is 2.29 bits per heavy atom. The van der Waals surface area contributed by atoms with Crippen LogP contribution in [0.5, 0.6) is 0 Å². The zero-order valence-corrected chi connectivity index (χ0v) is 15.0. The van der Waals surface area contributed by atoms with Crippen LogP contribution in [0.25, 0.3) is 0 Å². The summed E-state index contributed by atoms with van der Waals surface area (Å²) in [6, 6.07) is -0.669. The van der Waals surface area contributed by atoms with E-state index in [4.69, 9.17) is 10.5 Å². The summed E-state index contributed by atoms with van der Waals surface area (Å²) in [7, 11) is -2.64. The molecule has 0 saturated heterocycles. The molecule has 0 saturated carbocycles. The van der Waals surface area contributed by atoms with Crippen molar-refractivity contribution in [1.29, 1.82) is 4.78 Å². The predicted octanol–water partition coefficient (Wildman–Crippen LogP) is 2.35. The molecule has 0 aliphatic heterocycles. The average molecular weight is 320 g/mol.